The van der Waals surface area contributed by atoms with Crippen LogP contribution in [-0.2, 0) is 0 Å². The fourth-order valence-electron chi connectivity index (χ4n) is 0.650. The predicted molar refractivity (Wildman–Crippen MR) is 40.3 cm³/mol. The summed E-state index contributed by atoms with van der Waals surface area (Å²) < 4.78 is 0.863. The van der Waals surface area contributed by atoms with Crippen LogP contribution in [0.25, 0.3) is 0 Å². The molecule has 1 atom stereocenters. The second kappa shape index (κ2) is 2.84. The topological polar surface area (TPSA) is 52.5 Å². The molecule has 3 nitrogen and oxygen atoms in total. The van der Waals surface area contributed by atoms with Crippen LogP contribution in [0.5, 0.6) is 0 Å². The lowest BCUT2D eigenvalue weighted by molar-refractivity contribution is 0.890. The quantitative estimate of drug-likeness (QED) is 0.751. The molecule has 0 spiro atoms. The average Bonchev–Trinajstić information content (AvgIpc) is 2.34. The minimum Gasteiger partial charge on any atom is -0.280 e. The Morgan fingerprint density at radius 1 is 1.90 bits per heavy atom. The van der Waals surface area contributed by atoms with Crippen molar-refractivity contribution >= 4 is 15.9 Å². The Labute approximate surface area is 67.2 Å². The van der Waals surface area contributed by atoms with E-state index < -0.39 is 0 Å². The minimum absolute atomic E-state index is 0.128. The summed E-state index contributed by atoms with van der Waals surface area (Å²) in [4.78, 5) is 0. The van der Waals surface area contributed by atoms with E-state index in [4.69, 9.17) is 5.26 Å². The molecule has 0 radical (unpaired) electrons. The summed E-state index contributed by atoms with van der Waals surface area (Å²) in [6.45, 7) is 1.82. The standard InChI is InChI=1S/C6H6BrN3/c1-4(2-8)6-5(7)3-9-10-6/h3-4H,1H3,(H,9,10). The molecule has 1 heterocycles. The molecule has 1 N–H and O–H groups in total. The number of H-pyrrole nitrogens is 1. The van der Waals surface area contributed by atoms with E-state index in [1.807, 2.05) is 6.92 Å². The molecule has 0 aliphatic carbocycles. The maximum atomic E-state index is 8.51. The fourth-order valence-corrected chi connectivity index (χ4v) is 1.18. The first-order chi connectivity index (χ1) is 4.75. The minimum atomic E-state index is -0.128. The molecule has 0 aliphatic rings. The average molecular weight is 200 g/mol. The Bertz CT molecular complexity index is 260. The van der Waals surface area contributed by atoms with Gasteiger partial charge in [0.1, 0.15) is 0 Å². The summed E-state index contributed by atoms with van der Waals surface area (Å²) in [5.41, 5.74) is 0.836. The normalized spacial score (nSPS) is 12.5. The van der Waals surface area contributed by atoms with Gasteiger partial charge in [-0.2, -0.15) is 10.4 Å². The third-order valence-electron chi connectivity index (χ3n) is 1.25. The molecule has 0 amide bonds. The molecule has 52 valence electrons. The SMILES string of the molecule is CC(C#N)c1[nH]ncc1Br. The molecule has 0 saturated heterocycles. The van der Waals surface area contributed by atoms with Crippen LogP contribution >= 0.6 is 15.9 Å². The number of hydrogen-bond acceptors (Lipinski definition) is 2. The van der Waals surface area contributed by atoms with Crippen molar-refractivity contribution in [3.63, 3.8) is 0 Å². The number of aromatic amines is 1. The number of nitrogens with one attached hydrogen (secondary N) is 1. The maximum Gasteiger partial charge on any atom is 0.0862 e. The fraction of sp³-hybridized carbons (Fsp3) is 0.333. The van der Waals surface area contributed by atoms with Crippen LogP contribution in [0, 0.1) is 11.3 Å². The molecule has 0 saturated carbocycles. The van der Waals surface area contributed by atoms with E-state index >= 15 is 0 Å². The summed E-state index contributed by atoms with van der Waals surface area (Å²) >= 11 is 3.26. The van der Waals surface area contributed by atoms with E-state index in [1.54, 1.807) is 6.20 Å². The van der Waals surface area contributed by atoms with Crippen molar-refractivity contribution in [2.24, 2.45) is 0 Å². The number of halogens is 1. The first kappa shape index (κ1) is 7.29. The largest absolute Gasteiger partial charge is 0.280 e. The molecule has 0 bridgehead atoms. The van der Waals surface area contributed by atoms with Gasteiger partial charge in [0.05, 0.1) is 28.4 Å². The van der Waals surface area contributed by atoms with Crippen LogP contribution in [0.15, 0.2) is 10.7 Å². The van der Waals surface area contributed by atoms with Crippen LogP contribution in [0.2, 0.25) is 0 Å². The number of aromatic nitrogens is 2. The van der Waals surface area contributed by atoms with Gasteiger partial charge in [-0.1, -0.05) is 0 Å². The van der Waals surface area contributed by atoms with Gasteiger partial charge in [0.15, 0.2) is 0 Å². The Morgan fingerprint density at radius 2 is 2.60 bits per heavy atom. The first-order valence-corrected chi connectivity index (χ1v) is 3.63. The monoisotopic (exact) mass is 199 g/mol. The molecule has 1 unspecified atom stereocenters. The molecular weight excluding hydrogens is 194 g/mol. The Balaban J connectivity index is 2.96. The van der Waals surface area contributed by atoms with Crippen molar-refractivity contribution in [3.05, 3.63) is 16.4 Å². The summed E-state index contributed by atoms with van der Waals surface area (Å²) in [6, 6.07) is 2.11. The third-order valence-corrected chi connectivity index (χ3v) is 1.88. The molecule has 1 aromatic heterocycles. The van der Waals surface area contributed by atoms with Crippen molar-refractivity contribution in [1.82, 2.24) is 10.2 Å². The second-order valence-electron chi connectivity index (χ2n) is 1.98. The van der Waals surface area contributed by atoms with Crippen molar-refractivity contribution < 1.29 is 0 Å². The lowest BCUT2D eigenvalue weighted by Gasteiger charge is -1.96. The van der Waals surface area contributed by atoms with Crippen LogP contribution in [0.4, 0.5) is 0 Å². The van der Waals surface area contributed by atoms with Crippen molar-refractivity contribution in [2.45, 2.75) is 12.8 Å². The molecule has 10 heavy (non-hydrogen) atoms. The highest BCUT2D eigenvalue weighted by Crippen LogP contribution is 2.20. The van der Waals surface area contributed by atoms with Gasteiger partial charge in [0, 0.05) is 0 Å². The van der Waals surface area contributed by atoms with E-state index in [9.17, 15) is 0 Å². The molecule has 1 aromatic rings. The van der Waals surface area contributed by atoms with Crippen molar-refractivity contribution in [2.75, 3.05) is 0 Å². The van der Waals surface area contributed by atoms with E-state index in [-0.39, 0.29) is 5.92 Å². The lowest BCUT2D eigenvalue weighted by atomic mass is 10.1. The zero-order valence-corrected chi connectivity index (χ0v) is 7.01. The predicted octanol–water partition coefficient (Wildman–Crippen LogP) is 1.80. The summed E-state index contributed by atoms with van der Waals surface area (Å²) in [7, 11) is 0. The molecule has 4 heteroatoms. The van der Waals surface area contributed by atoms with Gasteiger partial charge >= 0.3 is 0 Å². The summed E-state index contributed by atoms with van der Waals surface area (Å²) in [5.74, 6) is -0.128. The zero-order valence-electron chi connectivity index (χ0n) is 5.43. The molecule has 0 fully saturated rings. The van der Waals surface area contributed by atoms with Crippen molar-refractivity contribution in [1.29, 1.82) is 5.26 Å². The highest BCUT2D eigenvalue weighted by atomic mass is 79.9. The van der Waals surface area contributed by atoms with Gasteiger partial charge < -0.3 is 0 Å². The number of nitriles is 1. The summed E-state index contributed by atoms with van der Waals surface area (Å²) in [5, 5.41) is 15.0. The highest BCUT2D eigenvalue weighted by Gasteiger charge is 2.08. The highest BCUT2D eigenvalue weighted by molar-refractivity contribution is 9.10. The summed E-state index contributed by atoms with van der Waals surface area (Å²) in [6.07, 6.45) is 1.64. The number of nitrogens with zero attached hydrogens (tertiary/aromatic N) is 2. The van der Waals surface area contributed by atoms with E-state index in [2.05, 4.69) is 32.2 Å². The Hall–Kier alpha value is -0.820. The van der Waals surface area contributed by atoms with Gasteiger partial charge in [-0.15, -0.1) is 0 Å². The van der Waals surface area contributed by atoms with E-state index in [1.165, 1.54) is 0 Å². The first-order valence-electron chi connectivity index (χ1n) is 2.84. The molecule has 1 rings (SSSR count). The zero-order chi connectivity index (χ0) is 7.56. The van der Waals surface area contributed by atoms with Gasteiger partial charge in [-0.05, 0) is 22.9 Å². The van der Waals surface area contributed by atoms with Crippen molar-refractivity contribution in [3.8, 4) is 6.07 Å². The van der Waals surface area contributed by atoms with Crippen LogP contribution in [0.3, 0.4) is 0 Å². The molecule has 0 aliphatic heterocycles. The van der Waals surface area contributed by atoms with Gasteiger partial charge in [0.25, 0.3) is 0 Å². The number of rotatable bonds is 1. The van der Waals surface area contributed by atoms with Gasteiger partial charge in [0.2, 0.25) is 0 Å². The van der Waals surface area contributed by atoms with E-state index in [0.717, 1.165) is 10.2 Å². The van der Waals surface area contributed by atoms with Gasteiger partial charge in [-0.3, -0.25) is 5.10 Å². The Kier molecular flexibility index (Phi) is 2.07. The van der Waals surface area contributed by atoms with Crippen LogP contribution in [0.1, 0.15) is 18.5 Å². The second-order valence-corrected chi connectivity index (χ2v) is 2.84. The molecular formula is C6H6BrN3. The number of hydrogen-bond donors (Lipinski definition) is 1. The smallest absolute Gasteiger partial charge is 0.0862 e. The Morgan fingerprint density at radius 3 is 3.00 bits per heavy atom. The maximum absolute atomic E-state index is 8.51. The van der Waals surface area contributed by atoms with Crippen LogP contribution in [-0.4, -0.2) is 10.2 Å². The van der Waals surface area contributed by atoms with E-state index in [0.29, 0.717) is 0 Å². The molecule has 0 aromatic carbocycles. The van der Waals surface area contributed by atoms with Crippen LogP contribution < -0.4 is 0 Å². The lowest BCUT2D eigenvalue weighted by Crippen LogP contribution is -1.89. The van der Waals surface area contributed by atoms with Gasteiger partial charge in [-0.25, -0.2) is 0 Å². The third kappa shape index (κ3) is 1.19.